The number of rotatable bonds is 9. The first-order valence-electron chi connectivity index (χ1n) is 13.5. The van der Waals surface area contributed by atoms with Gasteiger partial charge in [0.15, 0.2) is 11.3 Å². The van der Waals surface area contributed by atoms with Gasteiger partial charge in [0.2, 0.25) is 5.88 Å². The lowest BCUT2D eigenvalue weighted by Crippen LogP contribution is -2.46. The van der Waals surface area contributed by atoms with Crippen LogP contribution in [-0.4, -0.2) is 74.4 Å². The van der Waals surface area contributed by atoms with Crippen LogP contribution in [0.1, 0.15) is 33.9 Å². The van der Waals surface area contributed by atoms with Crippen molar-refractivity contribution in [2.45, 2.75) is 32.2 Å². The minimum atomic E-state index is -1.06. The first-order valence-corrected chi connectivity index (χ1v) is 13.5. The Morgan fingerprint density at radius 1 is 1.12 bits per heavy atom. The second-order valence-electron chi connectivity index (χ2n) is 10.1. The van der Waals surface area contributed by atoms with Crippen molar-refractivity contribution in [3.63, 3.8) is 0 Å². The lowest BCUT2D eigenvalue weighted by atomic mass is 10.1. The number of imidazole rings is 1. The first kappa shape index (κ1) is 26.7. The standard InChI is InChI=1S/C30H29FN6O4/c1-2-20-6-7-21(23(31)16-20)19-41-28-5-3-4-26(34-28)36-13-11-35(12-14-36)18-27-32-24-8-9-25(30(38)39)33-29(24)37(27)17-22-10-15-40-22/h1,3-9,16,22H,10-15,17-19H2,(H,38,39)/t22-/m0/s1. The zero-order chi connectivity index (χ0) is 28.3. The highest BCUT2D eigenvalue weighted by Crippen LogP contribution is 2.23. The third kappa shape index (κ3) is 5.84. The fourth-order valence-corrected chi connectivity index (χ4v) is 5.01. The fraction of sp³-hybridized carbons (Fsp3) is 0.333. The largest absolute Gasteiger partial charge is 0.477 e. The molecule has 6 rings (SSSR count). The Morgan fingerprint density at radius 3 is 2.66 bits per heavy atom. The van der Waals surface area contributed by atoms with Gasteiger partial charge in [0.25, 0.3) is 0 Å². The number of carboxylic acids is 1. The topological polar surface area (TPSA) is 106 Å². The van der Waals surface area contributed by atoms with Crippen LogP contribution in [0.25, 0.3) is 11.2 Å². The van der Waals surface area contributed by atoms with E-state index in [-0.39, 0.29) is 18.4 Å². The van der Waals surface area contributed by atoms with Crippen molar-refractivity contribution in [1.29, 1.82) is 0 Å². The van der Waals surface area contributed by atoms with Gasteiger partial charge in [0, 0.05) is 50.0 Å². The van der Waals surface area contributed by atoms with Crippen LogP contribution in [0.3, 0.4) is 0 Å². The number of pyridine rings is 2. The Labute approximate surface area is 236 Å². The van der Waals surface area contributed by atoms with Gasteiger partial charge in [-0.3, -0.25) is 4.90 Å². The maximum Gasteiger partial charge on any atom is 0.354 e. The van der Waals surface area contributed by atoms with Crippen molar-refractivity contribution in [2.75, 3.05) is 37.7 Å². The Kier molecular flexibility index (Phi) is 7.50. The van der Waals surface area contributed by atoms with E-state index in [1.54, 1.807) is 24.3 Å². The number of hydrogen-bond acceptors (Lipinski definition) is 8. The van der Waals surface area contributed by atoms with E-state index in [1.165, 1.54) is 12.1 Å². The Bertz CT molecular complexity index is 1620. The number of aromatic carboxylic acids is 1. The van der Waals surface area contributed by atoms with Crippen molar-refractivity contribution in [2.24, 2.45) is 0 Å². The second kappa shape index (κ2) is 11.5. The lowest BCUT2D eigenvalue weighted by molar-refractivity contribution is -0.0592. The monoisotopic (exact) mass is 556 g/mol. The number of piperazine rings is 1. The number of halogens is 1. The molecule has 0 unspecified atom stereocenters. The minimum Gasteiger partial charge on any atom is -0.477 e. The number of fused-ring (bicyclic) bond motifs is 1. The van der Waals surface area contributed by atoms with Gasteiger partial charge < -0.3 is 24.0 Å². The summed E-state index contributed by atoms with van der Waals surface area (Å²) in [5, 5.41) is 9.43. The van der Waals surface area contributed by atoms with Crippen molar-refractivity contribution in [3.05, 3.63) is 77.0 Å². The Balaban J connectivity index is 1.10. The van der Waals surface area contributed by atoms with Crippen LogP contribution in [0.4, 0.5) is 10.2 Å². The molecule has 0 bridgehead atoms. The molecule has 2 aliphatic rings. The summed E-state index contributed by atoms with van der Waals surface area (Å²) < 4.78 is 27.7. The molecule has 4 aromatic rings. The highest BCUT2D eigenvalue weighted by Gasteiger charge is 2.25. The van der Waals surface area contributed by atoms with Gasteiger partial charge in [-0.15, -0.1) is 6.42 Å². The summed E-state index contributed by atoms with van der Waals surface area (Å²) >= 11 is 0. The predicted octanol–water partition coefficient (Wildman–Crippen LogP) is 3.34. The molecule has 5 heterocycles. The van der Waals surface area contributed by atoms with Gasteiger partial charge in [-0.1, -0.05) is 18.1 Å². The van der Waals surface area contributed by atoms with Crippen molar-refractivity contribution < 1.29 is 23.8 Å². The molecular formula is C30H29FN6O4. The highest BCUT2D eigenvalue weighted by molar-refractivity contribution is 5.88. The minimum absolute atomic E-state index is 0.000937. The van der Waals surface area contributed by atoms with E-state index in [0.717, 1.165) is 50.8 Å². The number of terminal acetylenes is 1. The summed E-state index contributed by atoms with van der Waals surface area (Å²) in [6.45, 7) is 5.08. The normalized spacial score (nSPS) is 17.3. The molecule has 0 radical (unpaired) electrons. The molecule has 2 saturated heterocycles. The maximum atomic E-state index is 14.3. The van der Waals surface area contributed by atoms with Crippen LogP contribution >= 0.6 is 0 Å². The van der Waals surface area contributed by atoms with Crippen molar-refractivity contribution >= 4 is 23.0 Å². The molecule has 210 valence electrons. The van der Waals surface area contributed by atoms with E-state index in [9.17, 15) is 14.3 Å². The third-order valence-corrected chi connectivity index (χ3v) is 7.44. The second-order valence-corrected chi connectivity index (χ2v) is 10.1. The smallest absolute Gasteiger partial charge is 0.354 e. The van der Waals surface area contributed by atoms with Crippen molar-refractivity contribution in [3.8, 4) is 18.2 Å². The molecule has 0 aliphatic carbocycles. The molecule has 11 heteroatoms. The number of carboxylic acid groups (broad SMARTS) is 1. The number of carbonyl (C=O) groups is 1. The summed E-state index contributed by atoms with van der Waals surface area (Å²) in [6, 6.07) is 13.4. The predicted molar refractivity (Wildman–Crippen MR) is 149 cm³/mol. The van der Waals surface area contributed by atoms with Crippen LogP contribution in [0.5, 0.6) is 5.88 Å². The van der Waals surface area contributed by atoms with E-state index in [0.29, 0.717) is 41.3 Å². The van der Waals surface area contributed by atoms with Gasteiger partial charge in [-0.25, -0.2) is 19.2 Å². The first-order chi connectivity index (χ1) is 20.0. The third-order valence-electron chi connectivity index (χ3n) is 7.44. The fourth-order valence-electron chi connectivity index (χ4n) is 5.01. The molecule has 41 heavy (non-hydrogen) atoms. The molecule has 1 atom stereocenters. The summed E-state index contributed by atoms with van der Waals surface area (Å²) in [4.78, 5) is 29.8. The highest BCUT2D eigenvalue weighted by atomic mass is 19.1. The van der Waals surface area contributed by atoms with Gasteiger partial charge in [0.05, 0.1) is 19.2 Å². The molecule has 0 saturated carbocycles. The molecule has 10 nitrogen and oxygen atoms in total. The Hall–Kier alpha value is -4.53. The van der Waals surface area contributed by atoms with E-state index in [2.05, 4.69) is 25.7 Å². The zero-order valence-electron chi connectivity index (χ0n) is 22.4. The molecule has 1 aromatic carbocycles. The van der Waals surface area contributed by atoms with Gasteiger partial charge in [0.1, 0.15) is 29.6 Å². The summed E-state index contributed by atoms with van der Waals surface area (Å²) in [7, 11) is 0. The number of anilines is 1. The van der Waals surface area contributed by atoms with Crippen LogP contribution in [0.15, 0.2) is 48.5 Å². The zero-order valence-corrected chi connectivity index (χ0v) is 22.4. The van der Waals surface area contributed by atoms with Crippen LogP contribution in [-0.2, 0) is 24.4 Å². The number of nitrogens with zero attached hydrogens (tertiary/aromatic N) is 6. The average Bonchev–Trinajstić information content (AvgIpc) is 3.30. The maximum absolute atomic E-state index is 14.3. The molecule has 2 fully saturated rings. The van der Waals surface area contributed by atoms with E-state index in [4.69, 9.17) is 20.9 Å². The molecule has 0 amide bonds. The molecule has 3 aromatic heterocycles. The molecule has 2 aliphatic heterocycles. The van der Waals surface area contributed by atoms with Gasteiger partial charge in [-0.2, -0.15) is 4.98 Å². The number of hydrogen-bond donors (Lipinski definition) is 1. The molecule has 1 N–H and O–H groups in total. The van der Waals surface area contributed by atoms with Crippen LogP contribution in [0.2, 0.25) is 0 Å². The van der Waals surface area contributed by atoms with E-state index >= 15 is 0 Å². The lowest BCUT2D eigenvalue weighted by Gasteiger charge is -2.35. The SMILES string of the molecule is C#Cc1ccc(COc2cccc(N3CCN(Cc4nc5ccc(C(=O)O)nc5n4C[C@@H]4CCO4)CC3)n2)c(F)c1. The number of ether oxygens (including phenoxy) is 2. The summed E-state index contributed by atoms with van der Waals surface area (Å²) in [6.07, 6.45) is 6.37. The Morgan fingerprint density at radius 2 is 1.95 bits per heavy atom. The van der Waals surface area contributed by atoms with Crippen LogP contribution < -0.4 is 9.64 Å². The average molecular weight is 557 g/mol. The van der Waals surface area contributed by atoms with Gasteiger partial charge >= 0.3 is 5.97 Å². The summed E-state index contributed by atoms with van der Waals surface area (Å²) in [5.74, 6) is 3.02. The van der Waals surface area contributed by atoms with E-state index < -0.39 is 11.8 Å². The number of aromatic nitrogens is 4. The van der Waals surface area contributed by atoms with Crippen LogP contribution in [0, 0.1) is 18.2 Å². The van der Waals surface area contributed by atoms with Gasteiger partial charge in [-0.05, 0) is 36.8 Å². The molecular weight excluding hydrogens is 527 g/mol. The van der Waals surface area contributed by atoms with Crippen molar-refractivity contribution in [1.82, 2.24) is 24.4 Å². The molecule has 0 spiro atoms. The summed E-state index contributed by atoms with van der Waals surface area (Å²) in [5.41, 5.74) is 2.14. The van der Waals surface area contributed by atoms with E-state index in [1.807, 2.05) is 16.7 Å². The number of benzene rings is 1. The quantitative estimate of drug-likeness (QED) is 0.311.